The van der Waals surface area contributed by atoms with Gasteiger partial charge in [0, 0.05) is 17.1 Å². The summed E-state index contributed by atoms with van der Waals surface area (Å²) in [5, 5.41) is 3.19. The van der Waals surface area contributed by atoms with Gasteiger partial charge in [0.15, 0.2) is 0 Å². The van der Waals surface area contributed by atoms with Gasteiger partial charge in [-0.3, -0.25) is 0 Å². The zero-order valence-electron chi connectivity index (χ0n) is 11.6. The Labute approximate surface area is 128 Å². The molecule has 5 nitrogen and oxygen atoms in total. The van der Waals surface area contributed by atoms with E-state index in [4.69, 9.17) is 4.74 Å². The summed E-state index contributed by atoms with van der Waals surface area (Å²) in [6, 6.07) is 3.24. The van der Waals surface area contributed by atoms with E-state index in [9.17, 15) is 8.42 Å². The first-order chi connectivity index (χ1) is 9.44. The fourth-order valence-corrected chi connectivity index (χ4v) is 4.18. The van der Waals surface area contributed by atoms with Crippen LogP contribution >= 0.6 is 15.9 Å². The molecular formula is C13H19BrN2O3S. The molecule has 0 saturated carbocycles. The van der Waals surface area contributed by atoms with Crippen LogP contribution < -0.4 is 14.8 Å². The molecule has 1 fully saturated rings. The number of sulfonamides is 1. The number of methoxy groups -OCH3 is 1. The summed E-state index contributed by atoms with van der Waals surface area (Å²) in [5.74, 6) is 0.363. The molecule has 0 aliphatic carbocycles. The smallest absolute Gasteiger partial charge is 0.244 e. The van der Waals surface area contributed by atoms with E-state index < -0.39 is 10.0 Å². The van der Waals surface area contributed by atoms with Gasteiger partial charge in [-0.1, -0.05) is 15.9 Å². The topological polar surface area (TPSA) is 67.4 Å². The van der Waals surface area contributed by atoms with Gasteiger partial charge in [0.25, 0.3) is 0 Å². The Morgan fingerprint density at radius 3 is 2.80 bits per heavy atom. The fourth-order valence-electron chi connectivity index (χ4n) is 2.24. The molecule has 1 saturated heterocycles. The third-order valence-electron chi connectivity index (χ3n) is 3.35. The number of ether oxygens (including phenoxy) is 1. The summed E-state index contributed by atoms with van der Waals surface area (Å²) in [6.07, 6.45) is 1.82. The van der Waals surface area contributed by atoms with Crippen LogP contribution in [0.4, 0.5) is 0 Å². The average molecular weight is 363 g/mol. The average Bonchev–Trinajstić information content (AvgIpc) is 2.42. The van der Waals surface area contributed by atoms with Crippen molar-refractivity contribution in [3.8, 4) is 5.75 Å². The first-order valence-electron chi connectivity index (χ1n) is 6.51. The molecule has 2 N–H and O–H groups in total. The fraction of sp³-hybridized carbons (Fsp3) is 0.538. The molecule has 0 unspecified atom stereocenters. The Balaban J connectivity index is 2.30. The lowest BCUT2D eigenvalue weighted by Gasteiger charge is -2.24. The minimum atomic E-state index is -3.59. The van der Waals surface area contributed by atoms with Crippen molar-refractivity contribution in [1.82, 2.24) is 10.0 Å². The second kappa shape index (κ2) is 6.43. The van der Waals surface area contributed by atoms with Crippen molar-refractivity contribution in [3.63, 3.8) is 0 Å². The van der Waals surface area contributed by atoms with Crippen LogP contribution in [0.5, 0.6) is 5.75 Å². The van der Waals surface area contributed by atoms with E-state index in [0.29, 0.717) is 12.3 Å². The van der Waals surface area contributed by atoms with Crippen LogP contribution in [0.1, 0.15) is 18.4 Å². The Kier molecular flexibility index (Phi) is 5.06. The van der Waals surface area contributed by atoms with Gasteiger partial charge in [-0.15, -0.1) is 0 Å². The van der Waals surface area contributed by atoms with Gasteiger partial charge in [-0.2, -0.15) is 0 Å². The van der Waals surface area contributed by atoms with E-state index in [2.05, 4.69) is 26.0 Å². The highest BCUT2D eigenvalue weighted by molar-refractivity contribution is 9.10. The molecule has 0 spiro atoms. The van der Waals surface area contributed by atoms with E-state index in [0.717, 1.165) is 29.4 Å². The Morgan fingerprint density at radius 2 is 2.20 bits per heavy atom. The predicted octanol–water partition coefficient (Wildman–Crippen LogP) is 1.80. The number of aryl methyl sites for hydroxylation is 1. The molecule has 0 radical (unpaired) electrons. The standard InChI is InChI=1S/C13H19BrN2O3S/c1-9-6-12(19-2)13(7-11(9)14)20(17,18)16-10-4-3-5-15-8-10/h6-7,10,15-16H,3-5,8H2,1-2H3/t10-/m0/s1. The van der Waals surface area contributed by atoms with Crippen molar-refractivity contribution in [2.45, 2.75) is 30.7 Å². The lowest BCUT2D eigenvalue weighted by atomic mass is 10.1. The van der Waals surface area contributed by atoms with Crippen LogP contribution in [0, 0.1) is 6.92 Å². The highest BCUT2D eigenvalue weighted by Gasteiger charge is 2.25. The summed E-state index contributed by atoms with van der Waals surface area (Å²) < 4.78 is 33.7. The number of nitrogens with one attached hydrogen (secondary N) is 2. The molecule has 2 rings (SSSR count). The minimum absolute atomic E-state index is 0.0708. The maximum Gasteiger partial charge on any atom is 0.244 e. The van der Waals surface area contributed by atoms with Crippen molar-refractivity contribution in [3.05, 3.63) is 22.2 Å². The number of benzene rings is 1. The van der Waals surface area contributed by atoms with Gasteiger partial charge < -0.3 is 10.1 Å². The second-order valence-corrected chi connectivity index (χ2v) is 7.45. The van der Waals surface area contributed by atoms with E-state index in [-0.39, 0.29) is 10.9 Å². The van der Waals surface area contributed by atoms with Gasteiger partial charge in [0.05, 0.1) is 7.11 Å². The molecule has 1 aliphatic heterocycles. The second-order valence-electron chi connectivity index (χ2n) is 4.92. The van der Waals surface area contributed by atoms with Crippen molar-refractivity contribution in [1.29, 1.82) is 0 Å². The van der Waals surface area contributed by atoms with Gasteiger partial charge >= 0.3 is 0 Å². The van der Waals surface area contributed by atoms with Crippen LogP contribution in [-0.2, 0) is 10.0 Å². The number of halogens is 1. The molecule has 1 heterocycles. The lowest BCUT2D eigenvalue weighted by Crippen LogP contribution is -2.45. The first-order valence-corrected chi connectivity index (χ1v) is 8.79. The predicted molar refractivity (Wildman–Crippen MR) is 81.6 cm³/mol. The molecule has 112 valence electrons. The highest BCUT2D eigenvalue weighted by atomic mass is 79.9. The molecule has 1 aliphatic rings. The SMILES string of the molecule is COc1cc(C)c(Br)cc1S(=O)(=O)N[C@H]1CCCNC1. The van der Waals surface area contributed by atoms with Crippen LogP contribution in [0.3, 0.4) is 0 Å². The van der Waals surface area contributed by atoms with E-state index >= 15 is 0 Å². The monoisotopic (exact) mass is 362 g/mol. The van der Waals surface area contributed by atoms with Crippen LogP contribution in [0.25, 0.3) is 0 Å². The Hall–Kier alpha value is -0.630. The molecule has 0 bridgehead atoms. The van der Waals surface area contributed by atoms with Gasteiger partial charge in [0.2, 0.25) is 10.0 Å². The number of piperidine rings is 1. The third-order valence-corrected chi connectivity index (χ3v) is 5.75. The molecule has 1 aromatic rings. The van der Waals surface area contributed by atoms with Crippen molar-refractivity contribution in [2.24, 2.45) is 0 Å². The van der Waals surface area contributed by atoms with E-state index in [1.54, 1.807) is 12.1 Å². The summed E-state index contributed by atoms with van der Waals surface area (Å²) >= 11 is 3.37. The molecular weight excluding hydrogens is 344 g/mol. The molecule has 0 aromatic heterocycles. The summed E-state index contributed by atoms with van der Waals surface area (Å²) in [4.78, 5) is 0.169. The summed E-state index contributed by atoms with van der Waals surface area (Å²) in [5.41, 5.74) is 0.931. The molecule has 20 heavy (non-hydrogen) atoms. The molecule has 1 atom stereocenters. The summed E-state index contributed by atoms with van der Waals surface area (Å²) in [6.45, 7) is 3.49. The van der Waals surface area contributed by atoms with Gasteiger partial charge in [-0.05, 0) is 44.0 Å². The van der Waals surface area contributed by atoms with Crippen molar-refractivity contribution >= 4 is 26.0 Å². The van der Waals surface area contributed by atoms with Crippen molar-refractivity contribution in [2.75, 3.05) is 20.2 Å². The molecule has 0 amide bonds. The normalized spacial score (nSPS) is 19.9. The third kappa shape index (κ3) is 3.52. The first kappa shape index (κ1) is 15.8. The molecule has 1 aromatic carbocycles. The van der Waals surface area contributed by atoms with E-state index in [1.165, 1.54) is 7.11 Å². The Bertz CT molecular complexity index is 584. The lowest BCUT2D eigenvalue weighted by molar-refractivity contribution is 0.399. The van der Waals surface area contributed by atoms with Crippen LogP contribution in [-0.4, -0.2) is 34.7 Å². The van der Waals surface area contributed by atoms with Crippen LogP contribution in [0.15, 0.2) is 21.5 Å². The zero-order chi connectivity index (χ0) is 14.8. The largest absolute Gasteiger partial charge is 0.495 e. The van der Waals surface area contributed by atoms with Crippen molar-refractivity contribution < 1.29 is 13.2 Å². The van der Waals surface area contributed by atoms with Crippen LogP contribution in [0.2, 0.25) is 0 Å². The number of rotatable bonds is 4. The maximum absolute atomic E-state index is 12.5. The van der Waals surface area contributed by atoms with Gasteiger partial charge in [-0.25, -0.2) is 13.1 Å². The highest BCUT2D eigenvalue weighted by Crippen LogP contribution is 2.30. The Morgan fingerprint density at radius 1 is 1.45 bits per heavy atom. The minimum Gasteiger partial charge on any atom is -0.495 e. The quantitative estimate of drug-likeness (QED) is 0.856. The van der Waals surface area contributed by atoms with E-state index in [1.807, 2.05) is 6.92 Å². The maximum atomic E-state index is 12.5. The molecule has 7 heteroatoms. The number of hydrogen-bond donors (Lipinski definition) is 2. The number of hydrogen-bond acceptors (Lipinski definition) is 4. The van der Waals surface area contributed by atoms with Gasteiger partial charge in [0.1, 0.15) is 10.6 Å². The zero-order valence-corrected chi connectivity index (χ0v) is 14.0. The summed E-state index contributed by atoms with van der Waals surface area (Å²) in [7, 11) is -2.11.